The summed E-state index contributed by atoms with van der Waals surface area (Å²) in [5, 5.41) is 0. The molecule has 0 saturated carbocycles. The molecule has 2 aromatic carbocycles. The van der Waals surface area contributed by atoms with Gasteiger partial charge in [-0.25, -0.2) is 0 Å². The third-order valence-corrected chi connectivity index (χ3v) is 3.10. The number of hydrogen-bond acceptors (Lipinski definition) is 0. The molecule has 0 unspecified atom stereocenters. The molecule has 0 saturated heterocycles. The van der Waals surface area contributed by atoms with Crippen molar-refractivity contribution in [3.05, 3.63) is 95.8 Å². The maximum atomic E-state index is 2.12. The van der Waals surface area contributed by atoms with Gasteiger partial charge in [-0.2, -0.15) is 0 Å². The number of benzene rings is 2. The van der Waals surface area contributed by atoms with Gasteiger partial charge in [0.05, 0.1) is 0 Å². The van der Waals surface area contributed by atoms with Gasteiger partial charge < -0.3 is 24.8 Å². The van der Waals surface area contributed by atoms with Gasteiger partial charge in [0.15, 0.2) is 0 Å². The van der Waals surface area contributed by atoms with Crippen LogP contribution < -0.4 is 24.8 Å². The summed E-state index contributed by atoms with van der Waals surface area (Å²) in [6.07, 6.45) is 12.6. The number of fused-ring (bicyclic) bond motifs is 2. The summed E-state index contributed by atoms with van der Waals surface area (Å²) in [6, 6.07) is 16.7. The van der Waals surface area contributed by atoms with Gasteiger partial charge in [-0.1, -0.05) is 72.8 Å². The average molecular weight is 480 g/mol. The summed E-state index contributed by atoms with van der Waals surface area (Å²) >= 11 is 0. The van der Waals surface area contributed by atoms with Crippen LogP contribution in [-0.2, 0) is 25.8 Å². The van der Waals surface area contributed by atoms with E-state index in [0.717, 1.165) is 0 Å². The van der Waals surface area contributed by atoms with E-state index < -0.39 is 0 Å². The minimum absolute atomic E-state index is 0. The van der Waals surface area contributed by atoms with Crippen molar-refractivity contribution >= 4 is 12.2 Å². The summed E-state index contributed by atoms with van der Waals surface area (Å²) in [7, 11) is 0. The first-order valence-electron chi connectivity index (χ1n) is 6.14. The number of halogens is 2. The van der Waals surface area contributed by atoms with Crippen molar-refractivity contribution in [3.63, 3.8) is 0 Å². The summed E-state index contributed by atoms with van der Waals surface area (Å²) < 4.78 is 0. The molecule has 21 heavy (non-hydrogen) atoms. The van der Waals surface area contributed by atoms with Crippen molar-refractivity contribution in [2.45, 2.75) is 0 Å². The van der Waals surface area contributed by atoms with E-state index in [0.29, 0.717) is 0 Å². The Morgan fingerprint density at radius 1 is 0.476 bits per heavy atom. The Morgan fingerprint density at radius 2 is 0.810 bits per heavy atom. The summed E-state index contributed by atoms with van der Waals surface area (Å²) in [5.41, 5.74) is 5.32. The molecule has 0 N–H and O–H groups in total. The minimum Gasteiger partial charge on any atom is -1.00 e. The number of hydrogen-bond donors (Lipinski definition) is 0. The Kier molecular flexibility index (Phi) is 9.85. The van der Waals surface area contributed by atoms with Crippen molar-refractivity contribution in [3.8, 4) is 0 Å². The van der Waals surface area contributed by atoms with Gasteiger partial charge in [0.25, 0.3) is 0 Å². The van der Waals surface area contributed by atoms with E-state index in [1.165, 1.54) is 22.3 Å². The number of allylic oxidation sites excluding steroid dienone is 2. The summed E-state index contributed by atoms with van der Waals surface area (Å²) in [5.74, 6) is 0. The minimum atomic E-state index is 0. The molecule has 2 aromatic rings. The Balaban J connectivity index is 0.000000333. The second-order valence-electron chi connectivity index (χ2n) is 4.31. The molecule has 0 aliphatic heterocycles. The molecule has 0 aromatic heterocycles. The maximum absolute atomic E-state index is 2.12. The van der Waals surface area contributed by atoms with Crippen molar-refractivity contribution in [1.82, 2.24) is 0 Å². The third-order valence-electron chi connectivity index (χ3n) is 3.10. The Bertz CT molecular complexity index is 563. The van der Waals surface area contributed by atoms with Crippen molar-refractivity contribution < 1.29 is 50.7 Å². The quantitative estimate of drug-likeness (QED) is 0.405. The second-order valence-corrected chi connectivity index (χ2v) is 4.31. The van der Waals surface area contributed by atoms with Crippen LogP contribution in [0, 0.1) is 12.8 Å². The van der Waals surface area contributed by atoms with Gasteiger partial charge >= 0.3 is 0 Å². The van der Waals surface area contributed by atoms with E-state index in [1.54, 1.807) is 0 Å². The molecule has 0 heterocycles. The summed E-state index contributed by atoms with van der Waals surface area (Å²) in [4.78, 5) is 0. The Morgan fingerprint density at radius 3 is 1.14 bits per heavy atom. The van der Waals surface area contributed by atoms with Gasteiger partial charge in [-0.3, -0.25) is 0 Å². The van der Waals surface area contributed by atoms with Crippen LogP contribution in [0.3, 0.4) is 0 Å². The molecule has 0 amide bonds. The van der Waals surface area contributed by atoms with E-state index in [4.69, 9.17) is 0 Å². The fourth-order valence-corrected chi connectivity index (χ4v) is 2.14. The van der Waals surface area contributed by atoms with Crippen LogP contribution >= 0.6 is 0 Å². The van der Waals surface area contributed by atoms with E-state index in [2.05, 4.69) is 85.7 Å². The molecule has 2 aliphatic rings. The zero-order valence-electron chi connectivity index (χ0n) is 11.3. The first-order chi connectivity index (χ1) is 8.93. The molecule has 0 spiro atoms. The van der Waals surface area contributed by atoms with Crippen LogP contribution in [0.15, 0.2) is 60.7 Å². The molecular weight excluding hydrogens is 466 g/mol. The van der Waals surface area contributed by atoms with Gasteiger partial charge in [-0.05, 0) is 22.3 Å². The first kappa shape index (κ1) is 20.4. The fraction of sp³-hybridized carbons (Fsp3) is 0. The topological polar surface area (TPSA) is 0 Å². The predicted molar refractivity (Wildman–Crippen MR) is 77.8 cm³/mol. The van der Waals surface area contributed by atoms with E-state index in [9.17, 15) is 0 Å². The van der Waals surface area contributed by atoms with Gasteiger partial charge in [0, 0.05) is 38.7 Å². The van der Waals surface area contributed by atoms with Crippen LogP contribution in [0.5, 0.6) is 0 Å². The van der Waals surface area contributed by atoms with Crippen LogP contribution in [0.25, 0.3) is 12.2 Å². The zero-order valence-corrected chi connectivity index (χ0v) is 16.4. The summed E-state index contributed by atoms with van der Waals surface area (Å²) in [6.45, 7) is 0. The van der Waals surface area contributed by atoms with Gasteiger partial charge in [-0.15, -0.1) is 0 Å². The molecule has 2 radical (unpaired) electrons. The molecule has 4 rings (SSSR count). The largest absolute Gasteiger partial charge is 1.00 e. The molecule has 3 heteroatoms. The Labute approximate surface area is 158 Å². The zero-order chi connectivity index (χ0) is 12.2. The van der Waals surface area contributed by atoms with Crippen LogP contribution in [0.4, 0.5) is 0 Å². The van der Waals surface area contributed by atoms with Crippen LogP contribution in [0.1, 0.15) is 22.3 Å². The molecule has 2 aliphatic carbocycles. The van der Waals surface area contributed by atoms with Crippen molar-refractivity contribution in [2.75, 3.05) is 0 Å². The molecule has 0 bridgehead atoms. The molecule has 0 fully saturated rings. The third kappa shape index (κ3) is 5.25. The molecule has 106 valence electrons. The molecule has 0 nitrogen and oxygen atoms in total. The SMILES string of the molecule is [CH]1C=Cc2ccccc21.[CH]1C=Cc2ccccc21.[Cl-].[Cl-].[Hf]. The first-order valence-corrected chi connectivity index (χ1v) is 6.14. The van der Waals surface area contributed by atoms with E-state index >= 15 is 0 Å². The van der Waals surface area contributed by atoms with Gasteiger partial charge in [0.2, 0.25) is 0 Å². The molecular formula is C18H14Cl2Hf-2. The van der Waals surface area contributed by atoms with Gasteiger partial charge in [0.1, 0.15) is 0 Å². The van der Waals surface area contributed by atoms with Crippen LogP contribution in [0.2, 0.25) is 0 Å². The fourth-order valence-electron chi connectivity index (χ4n) is 2.14. The van der Waals surface area contributed by atoms with Crippen LogP contribution in [-0.4, -0.2) is 0 Å². The monoisotopic (exact) mass is 480 g/mol. The second kappa shape index (κ2) is 10.2. The van der Waals surface area contributed by atoms with E-state index in [-0.39, 0.29) is 50.7 Å². The predicted octanol–water partition coefficient (Wildman–Crippen LogP) is -1.46. The Hall–Kier alpha value is -0.630. The average Bonchev–Trinajstić information content (AvgIpc) is 3.08. The smallest absolute Gasteiger partial charge is 0.0131 e. The standard InChI is InChI=1S/2C9H7.2ClH.Hf/c2*1-2-5-9-7-3-6-8(9)4-1;;;/h2*1-7H;2*1H;/p-2. The maximum Gasteiger partial charge on any atom is 0.0131 e. The molecule has 0 atom stereocenters. The van der Waals surface area contributed by atoms with Crippen molar-refractivity contribution in [2.24, 2.45) is 0 Å². The normalized spacial score (nSPS) is 11.8. The number of rotatable bonds is 0. The van der Waals surface area contributed by atoms with Crippen molar-refractivity contribution in [1.29, 1.82) is 0 Å². The van der Waals surface area contributed by atoms with E-state index in [1.807, 2.05) is 0 Å².